The van der Waals surface area contributed by atoms with Crippen molar-refractivity contribution in [3.63, 3.8) is 0 Å². The molecule has 1 fully saturated rings. The summed E-state index contributed by atoms with van der Waals surface area (Å²) in [6, 6.07) is 7.43. The fourth-order valence-corrected chi connectivity index (χ4v) is 3.17. The van der Waals surface area contributed by atoms with Crippen molar-refractivity contribution in [1.82, 2.24) is 10.2 Å². The molecule has 0 radical (unpaired) electrons. The second-order valence-electron chi connectivity index (χ2n) is 5.59. The molecule has 1 aromatic carbocycles. The van der Waals surface area contributed by atoms with Crippen molar-refractivity contribution in [2.24, 2.45) is 0 Å². The van der Waals surface area contributed by atoms with Crippen molar-refractivity contribution in [3.05, 3.63) is 29.3 Å². The molecule has 1 unspecified atom stereocenters. The van der Waals surface area contributed by atoms with Gasteiger partial charge in [0, 0.05) is 38.6 Å². The largest absolute Gasteiger partial charge is 0.493 e. The summed E-state index contributed by atoms with van der Waals surface area (Å²) in [6.07, 6.45) is 3.48. The zero-order valence-corrected chi connectivity index (χ0v) is 11.8. The zero-order chi connectivity index (χ0) is 13.1. The van der Waals surface area contributed by atoms with E-state index in [0.29, 0.717) is 6.04 Å². The van der Waals surface area contributed by atoms with E-state index >= 15 is 0 Å². The van der Waals surface area contributed by atoms with Gasteiger partial charge in [-0.2, -0.15) is 0 Å². The number of fused-ring (bicyclic) bond motifs is 1. The molecule has 0 aromatic heterocycles. The third-order valence-electron chi connectivity index (χ3n) is 4.38. The van der Waals surface area contributed by atoms with Crippen molar-refractivity contribution >= 4 is 0 Å². The predicted octanol–water partition coefficient (Wildman–Crippen LogP) is 1.85. The molecule has 0 aliphatic carbocycles. The maximum Gasteiger partial charge on any atom is 0.122 e. The van der Waals surface area contributed by atoms with Gasteiger partial charge in [-0.25, -0.2) is 0 Å². The fraction of sp³-hybridized carbons (Fsp3) is 0.625. The fourth-order valence-electron chi connectivity index (χ4n) is 3.17. The topological polar surface area (TPSA) is 24.5 Å². The smallest absolute Gasteiger partial charge is 0.122 e. The molecule has 0 bridgehead atoms. The Bertz CT molecular complexity index is 433. The van der Waals surface area contributed by atoms with Crippen LogP contribution in [0.1, 0.15) is 24.5 Å². The molecule has 1 saturated heterocycles. The van der Waals surface area contributed by atoms with Crippen LogP contribution in [0.3, 0.4) is 0 Å². The lowest BCUT2D eigenvalue weighted by Gasteiger charge is -2.35. The first-order valence-corrected chi connectivity index (χ1v) is 7.56. The van der Waals surface area contributed by atoms with Crippen molar-refractivity contribution in [3.8, 4) is 5.75 Å². The van der Waals surface area contributed by atoms with Crippen LogP contribution in [-0.4, -0.2) is 43.7 Å². The number of hydrogen-bond donors (Lipinski definition) is 1. The number of nitrogens with one attached hydrogen (secondary N) is 1. The predicted molar refractivity (Wildman–Crippen MR) is 77.9 cm³/mol. The maximum absolute atomic E-state index is 5.56. The maximum atomic E-state index is 5.56. The third-order valence-corrected chi connectivity index (χ3v) is 4.38. The van der Waals surface area contributed by atoms with Gasteiger partial charge in [-0.3, -0.25) is 4.90 Å². The number of rotatable bonds is 4. The second-order valence-corrected chi connectivity index (χ2v) is 5.59. The Kier molecular flexibility index (Phi) is 4.04. The summed E-state index contributed by atoms with van der Waals surface area (Å²) >= 11 is 0. The lowest BCUT2D eigenvalue weighted by atomic mass is 10.0. The number of piperazine rings is 1. The summed E-state index contributed by atoms with van der Waals surface area (Å²) in [6.45, 7) is 7.79. The van der Waals surface area contributed by atoms with E-state index in [-0.39, 0.29) is 0 Å². The summed E-state index contributed by atoms with van der Waals surface area (Å²) in [5.74, 6) is 1.09. The molecule has 3 heteroatoms. The second kappa shape index (κ2) is 5.93. The average Bonchev–Trinajstić information content (AvgIpc) is 2.93. The van der Waals surface area contributed by atoms with E-state index in [1.807, 2.05) is 0 Å². The van der Waals surface area contributed by atoms with E-state index in [1.54, 1.807) is 0 Å². The van der Waals surface area contributed by atoms with E-state index in [1.165, 1.54) is 30.6 Å². The lowest BCUT2D eigenvalue weighted by Crippen LogP contribution is -2.51. The SMILES string of the molecule is CCC1CNCCN1CCc1ccc2c(c1)CCO2. The number of ether oxygens (including phenoxy) is 1. The van der Waals surface area contributed by atoms with E-state index in [0.717, 1.165) is 38.3 Å². The Balaban J connectivity index is 1.59. The van der Waals surface area contributed by atoms with Crippen molar-refractivity contribution in [2.45, 2.75) is 32.2 Å². The van der Waals surface area contributed by atoms with Gasteiger partial charge in [-0.1, -0.05) is 19.1 Å². The third kappa shape index (κ3) is 2.93. The summed E-state index contributed by atoms with van der Waals surface area (Å²) in [5.41, 5.74) is 2.85. The minimum atomic E-state index is 0.714. The molecule has 2 heterocycles. The Morgan fingerprint density at radius 3 is 3.26 bits per heavy atom. The first kappa shape index (κ1) is 12.9. The first-order chi connectivity index (χ1) is 9.36. The minimum Gasteiger partial charge on any atom is -0.493 e. The van der Waals surface area contributed by atoms with Gasteiger partial charge in [-0.05, 0) is 30.0 Å². The molecule has 0 spiro atoms. The van der Waals surface area contributed by atoms with Gasteiger partial charge < -0.3 is 10.1 Å². The highest BCUT2D eigenvalue weighted by Crippen LogP contribution is 2.26. The van der Waals surface area contributed by atoms with Crippen LogP contribution in [0.5, 0.6) is 5.75 Å². The molecule has 104 valence electrons. The quantitative estimate of drug-likeness (QED) is 0.894. The first-order valence-electron chi connectivity index (χ1n) is 7.56. The van der Waals surface area contributed by atoms with Crippen LogP contribution in [0.2, 0.25) is 0 Å². The van der Waals surface area contributed by atoms with Gasteiger partial charge in [-0.15, -0.1) is 0 Å². The average molecular weight is 260 g/mol. The van der Waals surface area contributed by atoms with Crippen LogP contribution in [-0.2, 0) is 12.8 Å². The van der Waals surface area contributed by atoms with Gasteiger partial charge in [0.2, 0.25) is 0 Å². The Morgan fingerprint density at radius 1 is 1.42 bits per heavy atom. The molecule has 0 saturated carbocycles. The van der Waals surface area contributed by atoms with Crippen molar-refractivity contribution in [1.29, 1.82) is 0 Å². The standard InChI is InChI=1S/C16H24N2O/c1-2-15-12-17-7-9-18(15)8-5-13-3-4-16-14(11-13)6-10-19-16/h3-4,11,15,17H,2,5-10,12H2,1H3. The number of hydrogen-bond acceptors (Lipinski definition) is 3. The molecule has 2 aliphatic rings. The zero-order valence-electron chi connectivity index (χ0n) is 11.8. The molecular weight excluding hydrogens is 236 g/mol. The van der Waals surface area contributed by atoms with Crippen LogP contribution in [0.4, 0.5) is 0 Å². The highest BCUT2D eigenvalue weighted by Gasteiger charge is 2.20. The summed E-state index contributed by atoms with van der Waals surface area (Å²) in [4.78, 5) is 2.64. The highest BCUT2D eigenvalue weighted by atomic mass is 16.5. The van der Waals surface area contributed by atoms with Gasteiger partial charge in [0.25, 0.3) is 0 Å². The summed E-state index contributed by atoms with van der Waals surface area (Å²) in [7, 11) is 0. The molecule has 1 N–H and O–H groups in total. The number of nitrogens with zero attached hydrogens (tertiary/aromatic N) is 1. The van der Waals surface area contributed by atoms with E-state index in [4.69, 9.17) is 4.74 Å². The monoisotopic (exact) mass is 260 g/mol. The van der Waals surface area contributed by atoms with Gasteiger partial charge in [0.1, 0.15) is 5.75 Å². The molecule has 1 atom stereocenters. The van der Waals surface area contributed by atoms with Crippen LogP contribution in [0, 0.1) is 0 Å². The summed E-state index contributed by atoms with van der Waals surface area (Å²) < 4.78 is 5.56. The van der Waals surface area contributed by atoms with E-state index in [9.17, 15) is 0 Å². The molecule has 0 amide bonds. The van der Waals surface area contributed by atoms with Crippen LogP contribution in [0.15, 0.2) is 18.2 Å². The van der Waals surface area contributed by atoms with Crippen LogP contribution < -0.4 is 10.1 Å². The van der Waals surface area contributed by atoms with E-state index < -0.39 is 0 Å². The lowest BCUT2D eigenvalue weighted by molar-refractivity contribution is 0.159. The molecular formula is C16H24N2O. The van der Waals surface area contributed by atoms with Crippen molar-refractivity contribution < 1.29 is 4.74 Å². The molecule has 3 rings (SSSR count). The van der Waals surface area contributed by atoms with Gasteiger partial charge in [0.15, 0.2) is 0 Å². The van der Waals surface area contributed by atoms with Crippen LogP contribution >= 0.6 is 0 Å². The Morgan fingerprint density at radius 2 is 2.37 bits per heavy atom. The highest BCUT2D eigenvalue weighted by molar-refractivity contribution is 5.39. The Labute approximate surface area is 115 Å². The molecule has 1 aromatic rings. The van der Waals surface area contributed by atoms with Crippen LogP contribution in [0.25, 0.3) is 0 Å². The van der Waals surface area contributed by atoms with E-state index in [2.05, 4.69) is 35.3 Å². The van der Waals surface area contributed by atoms with Gasteiger partial charge in [0.05, 0.1) is 6.61 Å². The van der Waals surface area contributed by atoms with Gasteiger partial charge >= 0.3 is 0 Å². The Hall–Kier alpha value is -1.06. The molecule has 2 aliphatic heterocycles. The molecule has 3 nitrogen and oxygen atoms in total. The van der Waals surface area contributed by atoms with Crippen molar-refractivity contribution in [2.75, 3.05) is 32.8 Å². The molecule has 19 heavy (non-hydrogen) atoms. The summed E-state index contributed by atoms with van der Waals surface area (Å²) in [5, 5.41) is 3.49. The minimum absolute atomic E-state index is 0.714. The normalized spacial score (nSPS) is 23.1. The number of benzene rings is 1.